The number of likely N-dealkylation sites (N-methyl/N-ethyl adjacent to an activating group) is 1. The summed E-state index contributed by atoms with van der Waals surface area (Å²) in [5, 5.41) is 8.97. The van der Waals surface area contributed by atoms with E-state index in [9.17, 15) is 14.4 Å². The number of hydrogen-bond acceptors (Lipinski definition) is 4. The van der Waals surface area contributed by atoms with Crippen LogP contribution < -0.4 is 5.73 Å². The predicted molar refractivity (Wildman–Crippen MR) is 69.6 cm³/mol. The molecular formula is C13H16N2O5. The topological polar surface area (TPSA) is 110 Å². The van der Waals surface area contributed by atoms with Crippen LogP contribution in [0.5, 0.6) is 0 Å². The van der Waals surface area contributed by atoms with Crippen molar-refractivity contribution in [2.45, 2.75) is 19.1 Å². The molecule has 0 unspecified atom stereocenters. The molecule has 1 rings (SSSR count). The highest BCUT2D eigenvalue weighted by molar-refractivity contribution is 5.86. The molecular weight excluding hydrogens is 264 g/mol. The van der Waals surface area contributed by atoms with Crippen molar-refractivity contribution < 1.29 is 24.2 Å². The van der Waals surface area contributed by atoms with Crippen molar-refractivity contribution in [1.29, 1.82) is 0 Å². The van der Waals surface area contributed by atoms with Gasteiger partial charge in [-0.3, -0.25) is 9.69 Å². The highest BCUT2D eigenvalue weighted by atomic mass is 16.6. The molecule has 3 N–H and O–H groups in total. The Hall–Kier alpha value is -2.57. The third-order valence-electron chi connectivity index (χ3n) is 2.64. The summed E-state index contributed by atoms with van der Waals surface area (Å²) in [7, 11) is 1.25. The van der Waals surface area contributed by atoms with E-state index in [0.717, 1.165) is 10.5 Å². The van der Waals surface area contributed by atoms with Crippen LogP contribution in [0.1, 0.15) is 12.0 Å². The Kier molecular flexibility index (Phi) is 5.52. The summed E-state index contributed by atoms with van der Waals surface area (Å²) in [6, 6.07) is 7.61. The maximum Gasteiger partial charge on any atom is 0.410 e. The first kappa shape index (κ1) is 15.5. The van der Waals surface area contributed by atoms with Crippen molar-refractivity contribution in [2.24, 2.45) is 5.73 Å². The molecule has 0 bridgehead atoms. The van der Waals surface area contributed by atoms with E-state index >= 15 is 0 Å². The highest BCUT2D eigenvalue weighted by Crippen LogP contribution is 2.07. The number of benzene rings is 1. The van der Waals surface area contributed by atoms with Gasteiger partial charge in [-0.1, -0.05) is 30.3 Å². The summed E-state index contributed by atoms with van der Waals surface area (Å²) in [4.78, 5) is 34.4. The number of nitrogens with zero attached hydrogens (tertiary/aromatic N) is 1. The van der Waals surface area contributed by atoms with Gasteiger partial charge in [-0.15, -0.1) is 0 Å². The second-order valence-corrected chi connectivity index (χ2v) is 4.18. The van der Waals surface area contributed by atoms with Gasteiger partial charge in [0.1, 0.15) is 12.6 Å². The van der Waals surface area contributed by atoms with E-state index in [1.54, 1.807) is 24.3 Å². The van der Waals surface area contributed by atoms with Gasteiger partial charge in [0, 0.05) is 7.05 Å². The van der Waals surface area contributed by atoms with Crippen LogP contribution in [0, 0.1) is 0 Å². The Bertz CT molecular complexity index is 489. The minimum atomic E-state index is -1.34. The van der Waals surface area contributed by atoms with Crippen molar-refractivity contribution in [3.8, 4) is 0 Å². The van der Waals surface area contributed by atoms with Crippen LogP contribution in [0.15, 0.2) is 30.3 Å². The fraction of sp³-hybridized carbons (Fsp3) is 0.308. The van der Waals surface area contributed by atoms with Gasteiger partial charge in [-0.2, -0.15) is 0 Å². The molecule has 7 heteroatoms. The summed E-state index contributed by atoms with van der Waals surface area (Å²) < 4.78 is 4.97. The molecule has 0 aromatic heterocycles. The molecule has 0 spiro atoms. The molecule has 0 radical (unpaired) electrons. The Balaban J connectivity index is 2.60. The van der Waals surface area contributed by atoms with Gasteiger partial charge in [0.05, 0.1) is 6.42 Å². The van der Waals surface area contributed by atoms with Gasteiger partial charge in [-0.25, -0.2) is 9.59 Å². The number of amides is 2. The zero-order valence-electron chi connectivity index (χ0n) is 11.0. The van der Waals surface area contributed by atoms with Gasteiger partial charge in [0.25, 0.3) is 0 Å². The average Bonchev–Trinajstić information content (AvgIpc) is 2.42. The third-order valence-corrected chi connectivity index (χ3v) is 2.64. The second kappa shape index (κ2) is 7.13. The van der Waals surface area contributed by atoms with E-state index in [1.165, 1.54) is 7.05 Å². The largest absolute Gasteiger partial charge is 0.480 e. The fourth-order valence-electron chi connectivity index (χ4n) is 1.53. The quantitative estimate of drug-likeness (QED) is 0.792. The number of rotatable bonds is 6. The van der Waals surface area contributed by atoms with Gasteiger partial charge < -0.3 is 15.6 Å². The van der Waals surface area contributed by atoms with Crippen LogP contribution in [-0.4, -0.2) is 41.1 Å². The third kappa shape index (κ3) is 4.60. The van der Waals surface area contributed by atoms with Crippen LogP contribution in [0.4, 0.5) is 4.79 Å². The maximum absolute atomic E-state index is 11.7. The summed E-state index contributed by atoms with van der Waals surface area (Å²) >= 11 is 0. The molecule has 1 atom stereocenters. The maximum atomic E-state index is 11.7. The summed E-state index contributed by atoms with van der Waals surface area (Å²) in [5.41, 5.74) is 5.73. The zero-order valence-corrected chi connectivity index (χ0v) is 11.0. The Morgan fingerprint density at radius 3 is 2.40 bits per heavy atom. The van der Waals surface area contributed by atoms with E-state index in [4.69, 9.17) is 15.6 Å². The molecule has 1 aromatic rings. The number of nitrogens with two attached hydrogens (primary N) is 1. The minimum Gasteiger partial charge on any atom is -0.480 e. The summed E-state index contributed by atoms with van der Waals surface area (Å²) in [6.07, 6.45) is -1.30. The van der Waals surface area contributed by atoms with Crippen molar-refractivity contribution in [3.05, 3.63) is 35.9 Å². The van der Waals surface area contributed by atoms with Gasteiger partial charge in [0.2, 0.25) is 5.91 Å². The van der Waals surface area contributed by atoms with Crippen LogP contribution in [0.25, 0.3) is 0 Å². The van der Waals surface area contributed by atoms with Crippen molar-refractivity contribution in [1.82, 2.24) is 4.90 Å². The van der Waals surface area contributed by atoms with Crippen molar-refractivity contribution >= 4 is 18.0 Å². The molecule has 0 heterocycles. The van der Waals surface area contributed by atoms with Crippen LogP contribution in [0.3, 0.4) is 0 Å². The second-order valence-electron chi connectivity index (χ2n) is 4.18. The molecule has 0 aliphatic carbocycles. The first-order valence-electron chi connectivity index (χ1n) is 5.86. The highest BCUT2D eigenvalue weighted by Gasteiger charge is 2.29. The van der Waals surface area contributed by atoms with E-state index < -0.39 is 30.4 Å². The number of carboxylic acids is 1. The molecule has 20 heavy (non-hydrogen) atoms. The summed E-state index contributed by atoms with van der Waals surface area (Å²) in [5.74, 6) is -2.12. The number of carbonyl (C=O) groups excluding carboxylic acids is 2. The lowest BCUT2D eigenvalue weighted by Crippen LogP contribution is -2.44. The van der Waals surface area contributed by atoms with Crippen molar-refractivity contribution in [2.75, 3.05) is 7.05 Å². The minimum absolute atomic E-state index is 0.0208. The first-order valence-corrected chi connectivity index (χ1v) is 5.86. The molecule has 0 aliphatic heterocycles. The number of ether oxygens (including phenoxy) is 1. The standard InChI is InChI=1S/C13H16N2O5/c1-15(10(12(17)18)7-11(14)16)13(19)20-8-9-5-3-2-4-6-9/h2-6,10H,7-8H2,1H3,(H2,14,16)(H,17,18)/t10-/m1/s1. The number of aliphatic carboxylic acids is 1. The monoisotopic (exact) mass is 280 g/mol. The lowest BCUT2D eigenvalue weighted by atomic mass is 10.2. The number of carboxylic acid groups (broad SMARTS) is 1. The number of carbonyl (C=O) groups is 3. The van der Waals surface area contributed by atoms with E-state index in [2.05, 4.69) is 0 Å². The molecule has 7 nitrogen and oxygen atoms in total. The van der Waals surface area contributed by atoms with E-state index in [1.807, 2.05) is 6.07 Å². The van der Waals surface area contributed by atoms with E-state index in [-0.39, 0.29) is 6.61 Å². The van der Waals surface area contributed by atoms with Crippen LogP contribution in [-0.2, 0) is 20.9 Å². The zero-order chi connectivity index (χ0) is 15.1. The van der Waals surface area contributed by atoms with Crippen molar-refractivity contribution in [3.63, 3.8) is 0 Å². The average molecular weight is 280 g/mol. The smallest absolute Gasteiger partial charge is 0.410 e. The van der Waals surface area contributed by atoms with Gasteiger partial charge in [-0.05, 0) is 5.56 Å². The van der Waals surface area contributed by atoms with E-state index in [0.29, 0.717) is 0 Å². The first-order chi connectivity index (χ1) is 9.41. The normalized spacial score (nSPS) is 11.4. The lowest BCUT2D eigenvalue weighted by molar-refractivity contribution is -0.144. The fourth-order valence-corrected chi connectivity index (χ4v) is 1.53. The molecule has 0 fully saturated rings. The molecule has 2 amide bonds. The Labute approximate surface area is 115 Å². The Morgan fingerprint density at radius 1 is 1.30 bits per heavy atom. The molecule has 1 aromatic carbocycles. The van der Waals surface area contributed by atoms with Gasteiger partial charge >= 0.3 is 12.1 Å². The molecule has 0 saturated carbocycles. The van der Waals surface area contributed by atoms with Crippen LogP contribution in [0.2, 0.25) is 0 Å². The number of primary amides is 1. The lowest BCUT2D eigenvalue weighted by Gasteiger charge is -2.23. The number of hydrogen-bond donors (Lipinski definition) is 2. The van der Waals surface area contributed by atoms with Gasteiger partial charge in [0.15, 0.2) is 0 Å². The Morgan fingerprint density at radius 2 is 1.90 bits per heavy atom. The molecule has 0 saturated heterocycles. The SMILES string of the molecule is CN(C(=O)OCc1ccccc1)[C@H](CC(N)=O)C(=O)O. The predicted octanol–water partition coefficient (Wildman–Crippen LogP) is 0.584. The summed E-state index contributed by atoms with van der Waals surface area (Å²) in [6.45, 7) is 0.0208. The van der Waals surface area contributed by atoms with Crippen LogP contribution >= 0.6 is 0 Å². The molecule has 0 aliphatic rings. The molecule has 108 valence electrons.